The molecule has 172 valence electrons. The van der Waals surface area contributed by atoms with Crippen LogP contribution in [0.5, 0.6) is 5.75 Å². The van der Waals surface area contributed by atoms with Gasteiger partial charge in [-0.2, -0.15) is 0 Å². The van der Waals surface area contributed by atoms with E-state index in [0.717, 1.165) is 33.3 Å². The van der Waals surface area contributed by atoms with Gasteiger partial charge in [0.25, 0.3) is 5.91 Å². The number of para-hydroxylation sites is 1. The van der Waals surface area contributed by atoms with Crippen LogP contribution in [0.4, 0.5) is 0 Å². The maximum atomic E-state index is 13.2. The lowest BCUT2D eigenvalue weighted by atomic mass is 10.0. The molecule has 3 aromatic carbocycles. The van der Waals surface area contributed by atoms with Crippen LogP contribution in [0.2, 0.25) is 0 Å². The molecule has 1 aliphatic rings. The average molecular weight is 474 g/mol. The van der Waals surface area contributed by atoms with Gasteiger partial charge in [-0.3, -0.25) is 9.78 Å². The minimum atomic E-state index is -3.56. The van der Waals surface area contributed by atoms with Crippen LogP contribution < -0.4 is 9.46 Å². The van der Waals surface area contributed by atoms with Crippen LogP contribution in [0, 0.1) is 0 Å². The molecule has 0 fully saturated rings. The predicted octanol–water partition coefficient (Wildman–Crippen LogP) is 3.84. The Kier molecular flexibility index (Phi) is 5.77. The van der Waals surface area contributed by atoms with Gasteiger partial charge < -0.3 is 9.64 Å². The molecule has 1 aliphatic heterocycles. The van der Waals surface area contributed by atoms with Gasteiger partial charge in [0.05, 0.1) is 17.0 Å². The highest BCUT2D eigenvalue weighted by Crippen LogP contribution is 2.30. The number of aromatic nitrogens is 1. The molecule has 0 aliphatic carbocycles. The molecule has 8 heteroatoms. The van der Waals surface area contributed by atoms with Crippen LogP contribution in [0.25, 0.3) is 22.0 Å². The topological polar surface area (TPSA) is 88.6 Å². The second kappa shape index (κ2) is 8.89. The number of carbonyl (C=O) groups is 1. The summed E-state index contributed by atoms with van der Waals surface area (Å²) in [6, 6.07) is 22.0. The molecule has 0 saturated heterocycles. The third kappa shape index (κ3) is 4.25. The fraction of sp³-hybridized carbons (Fsp3) is 0.154. The van der Waals surface area contributed by atoms with Crippen LogP contribution in [0.3, 0.4) is 0 Å². The van der Waals surface area contributed by atoms with E-state index >= 15 is 0 Å². The van der Waals surface area contributed by atoms with Crippen LogP contribution >= 0.6 is 0 Å². The largest absolute Gasteiger partial charge is 0.491 e. The van der Waals surface area contributed by atoms with Gasteiger partial charge in [0.2, 0.25) is 10.0 Å². The first-order valence-corrected chi connectivity index (χ1v) is 12.4. The summed E-state index contributed by atoms with van der Waals surface area (Å²) in [7, 11) is -2.20. The Morgan fingerprint density at radius 1 is 1.00 bits per heavy atom. The highest BCUT2D eigenvalue weighted by molar-refractivity contribution is 7.89. The molecule has 5 rings (SSSR count). The summed E-state index contributed by atoms with van der Waals surface area (Å²) in [5.74, 6) is 0.575. The standard InChI is InChI=1S/C26H23N3O4S/c1-27-34(31,32)23-9-6-18(7-10-23)26(30)29-12-13-33-25-11-8-19(14-22(25)17-29)21-15-20-4-2-3-5-24(20)28-16-21/h2-11,14-16,27H,12-13,17H2,1H3. The number of nitrogens with one attached hydrogen (secondary N) is 1. The Labute approximate surface area is 198 Å². The van der Waals surface area contributed by atoms with Gasteiger partial charge in [-0.15, -0.1) is 0 Å². The van der Waals surface area contributed by atoms with Crippen molar-refractivity contribution >= 4 is 26.8 Å². The van der Waals surface area contributed by atoms with Crippen molar-refractivity contribution in [3.8, 4) is 16.9 Å². The van der Waals surface area contributed by atoms with Crippen molar-refractivity contribution in [1.82, 2.24) is 14.6 Å². The molecule has 0 bridgehead atoms. The molecule has 2 heterocycles. The van der Waals surface area contributed by atoms with Gasteiger partial charge in [0, 0.05) is 34.8 Å². The fourth-order valence-electron chi connectivity index (χ4n) is 4.05. The zero-order valence-electron chi connectivity index (χ0n) is 18.6. The molecular weight excluding hydrogens is 450 g/mol. The molecule has 0 saturated carbocycles. The third-order valence-corrected chi connectivity index (χ3v) is 7.36. The quantitative estimate of drug-likeness (QED) is 0.487. The lowest BCUT2D eigenvalue weighted by Crippen LogP contribution is -2.32. The summed E-state index contributed by atoms with van der Waals surface area (Å²) in [6.07, 6.45) is 1.85. The molecule has 0 radical (unpaired) electrons. The van der Waals surface area contributed by atoms with Crippen molar-refractivity contribution in [3.63, 3.8) is 0 Å². The zero-order chi connectivity index (χ0) is 23.7. The number of hydrogen-bond acceptors (Lipinski definition) is 5. The van der Waals surface area contributed by atoms with Crippen molar-refractivity contribution in [2.45, 2.75) is 11.4 Å². The summed E-state index contributed by atoms with van der Waals surface area (Å²) in [5, 5.41) is 1.06. The predicted molar refractivity (Wildman–Crippen MR) is 130 cm³/mol. The van der Waals surface area contributed by atoms with E-state index in [4.69, 9.17) is 4.74 Å². The summed E-state index contributed by atoms with van der Waals surface area (Å²) in [4.78, 5) is 19.6. The SMILES string of the molecule is CNS(=O)(=O)c1ccc(C(=O)N2CCOc3ccc(-c4cnc5ccccc5c4)cc3C2)cc1. The highest BCUT2D eigenvalue weighted by atomic mass is 32.2. The van der Waals surface area contributed by atoms with Crippen molar-refractivity contribution in [2.75, 3.05) is 20.2 Å². The number of carbonyl (C=O) groups excluding carboxylic acids is 1. The lowest BCUT2D eigenvalue weighted by Gasteiger charge is -2.20. The van der Waals surface area contributed by atoms with Crippen LogP contribution in [0.15, 0.2) is 83.9 Å². The smallest absolute Gasteiger partial charge is 0.254 e. The zero-order valence-corrected chi connectivity index (χ0v) is 19.4. The second-order valence-corrected chi connectivity index (χ2v) is 9.93. The Morgan fingerprint density at radius 3 is 2.59 bits per heavy atom. The van der Waals surface area contributed by atoms with Gasteiger partial charge in [-0.25, -0.2) is 13.1 Å². The number of rotatable bonds is 4. The van der Waals surface area contributed by atoms with E-state index in [2.05, 4.69) is 15.8 Å². The molecular formula is C26H23N3O4S. The van der Waals surface area contributed by atoms with E-state index in [1.165, 1.54) is 31.3 Å². The molecule has 0 spiro atoms. The third-order valence-electron chi connectivity index (χ3n) is 5.93. The van der Waals surface area contributed by atoms with Gasteiger partial charge in [-0.05, 0) is 61.1 Å². The van der Waals surface area contributed by atoms with Crippen molar-refractivity contribution in [3.05, 3.63) is 90.1 Å². The van der Waals surface area contributed by atoms with Crippen LogP contribution in [-0.4, -0.2) is 44.4 Å². The monoisotopic (exact) mass is 473 g/mol. The van der Waals surface area contributed by atoms with E-state index in [0.29, 0.717) is 25.3 Å². The highest BCUT2D eigenvalue weighted by Gasteiger charge is 2.22. The summed E-state index contributed by atoms with van der Waals surface area (Å²) < 4.78 is 32.1. The molecule has 0 unspecified atom stereocenters. The maximum Gasteiger partial charge on any atom is 0.254 e. The first-order valence-electron chi connectivity index (χ1n) is 10.9. The number of nitrogens with zero attached hydrogens (tertiary/aromatic N) is 2. The van der Waals surface area contributed by atoms with Crippen molar-refractivity contribution in [2.24, 2.45) is 0 Å². The number of fused-ring (bicyclic) bond motifs is 2. The summed E-state index contributed by atoms with van der Waals surface area (Å²) in [6.45, 7) is 1.19. The Morgan fingerprint density at radius 2 is 1.79 bits per heavy atom. The Bertz CT molecular complexity index is 1480. The van der Waals surface area contributed by atoms with E-state index < -0.39 is 10.0 Å². The van der Waals surface area contributed by atoms with Gasteiger partial charge in [0.1, 0.15) is 12.4 Å². The van der Waals surface area contributed by atoms with Gasteiger partial charge in [0.15, 0.2) is 0 Å². The maximum absolute atomic E-state index is 13.2. The summed E-state index contributed by atoms with van der Waals surface area (Å²) in [5.41, 5.74) is 4.26. The Balaban J connectivity index is 1.42. The number of sulfonamides is 1. The number of hydrogen-bond donors (Lipinski definition) is 1. The van der Waals surface area contributed by atoms with Crippen molar-refractivity contribution < 1.29 is 17.9 Å². The van der Waals surface area contributed by atoms with E-state index in [1.807, 2.05) is 48.7 Å². The molecule has 0 atom stereocenters. The number of pyridine rings is 1. The number of amides is 1. The minimum Gasteiger partial charge on any atom is -0.491 e. The Hall–Kier alpha value is -3.75. The molecule has 4 aromatic rings. The first-order chi connectivity index (χ1) is 16.4. The fourth-order valence-corrected chi connectivity index (χ4v) is 4.78. The van der Waals surface area contributed by atoms with Crippen LogP contribution in [0.1, 0.15) is 15.9 Å². The van der Waals surface area contributed by atoms with E-state index in [1.54, 1.807) is 4.90 Å². The van der Waals surface area contributed by atoms with E-state index in [9.17, 15) is 13.2 Å². The molecule has 7 nitrogen and oxygen atoms in total. The van der Waals surface area contributed by atoms with Crippen LogP contribution in [-0.2, 0) is 16.6 Å². The number of benzene rings is 3. The van der Waals surface area contributed by atoms with Gasteiger partial charge in [-0.1, -0.05) is 24.3 Å². The van der Waals surface area contributed by atoms with E-state index in [-0.39, 0.29) is 10.8 Å². The molecule has 1 amide bonds. The summed E-state index contributed by atoms with van der Waals surface area (Å²) >= 11 is 0. The normalized spacial score (nSPS) is 13.7. The second-order valence-electron chi connectivity index (χ2n) is 8.05. The lowest BCUT2D eigenvalue weighted by molar-refractivity contribution is 0.0733. The van der Waals surface area contributed by atoms with Crippen molar-refractivity contribution in [1.29, 1.82) is 0 Å². The number of ether oxygens (including phenoxy) is 1. The average Bonchev–Trinajstić information content (AvgIpc) is 3.10. The molecule has 34 heavy (non-hydrogen) atoms. The molecule has 1 N–H and O–H groups in total. The molecule has 1 aromatic heterocycles. The minimum absolute atomic E-state index is 0.115. The van der Waals surface area contributed by atoms with Gasteiger partial charge >= 0.3 is 0 Å². The first kappa shape index (κ1) is 22.1.